The van der Waals surface area contributed by atoms with Crippen LogP contribution in [0.2, 0.25) is 0 Å². The van der Waals surface area contributed by atoms with Gasteiger partial charge in [-0.1, -0.05) is 0 Å². The predicted molar refractivity (Wildman–Crippen MR) is 79.9 cm³/mol. The topological polar surface area (TPSA) is 62.7 Å². The van der Waals surface area contributed by atoms with E-state index < -0.39 is 0 Å². The summed E-state index contributed by atoms with van der Waals surface area (Å²) in [6, 6.07) is 3.40. The average Bonchev–Trinajstić information content (AvgIpc) is 2.55. The number of ether oxygens (including phenoxy) is 1. The molecule has 1 N–H and O–H groups in total. The number of methoxy groups -OCH3 is 1. The zero-order chi connectivity index (χ0) is 15.1. The molecule has 0 aromatic carbocycles. The minimum absolute atomic E-state index is 0.0262. The average molecular weight is 292 g/mol. The van der Waals surface area contributed by atoms with Gasteiger partial charge in [0.05, 0.1) is 6.61 Å². The zero-order valence-electron chi connectivity index (χ0n) is 12.6. The van der Waals surface area contributed by atoms with E-state index in [1.807, 2.05) is 4.90 Å². The third-order valence-corrected chi connectivity index (χ3v) is 3.99. The second kappa shape index (κ2) is 8.10. The van der Waals surface area contributed by atoms with Crippen LogP contribution < -0.4 is 0 Å². The van der Waals surface area contributed by atoms with Crippen molar-refractivity contribution in [1.82, 2.24) is 9.88 Å². The number of carbonyl (C=O) groups excluding carboxylic acids is 1. The lowest BCUT2D eigenvalue weighted by Gasteiger charge is -2.32. The van der Waals surface area contributed by atoms with Crippen molar-refractivity contribution >= 4 is 5.91 Å². The molecule has 0 aliphatic carbocycles. The van der Waals surface area contributed by atoms with Crippen molar-refractivity contribution in [3.8, 4) is 0 Å². The normalized spacial score (nSPS) is 18.8. The first-order valence-corrected chi connectivity index (χ1v) is 7.58. The first kappa shape index (κ1) is 15.9. The summed E-state index contributed by atoms with van der Waals surface area (Å²) in [5.74, 6) is 0.528. The molecule has 1 aliphatic rings. The molecule has 1 saturated heterocycles. The van der Waals surface area contributed by atoms with Crippen LogP contribution in [0.5, 0.6) is 0 Å². The number of pyridine rings is 1. The maximum atomic E-state index is 12.5. The van der Waals surface area contributed by atoms with Gasteiger partial charge in [0.1, 0.15) is 5.69 Å². The number of piperidine rings is 1. The van der Waals surface area contributed by atoms with Crippen LogP contribution in [-0.2, 0) is 11.3 Å². The van der Waals surface area contributed by atoms with Crippen molar-refractivity contribution in [3.63, 3.8) is 0 Å². The van der Waals surface area contributed by atoms with E-state index in [4.69, 9.17) is 9.84 Å². The van der Waals surface area contributed by atoms with Gasteiger partial charge < -0.3 is 14.7 Å². The van der Waals surface area contributed by atoms with E-state index in [-0.39, 0.29) is 12.5 Å². The smallest absolute Gasteiger partial charge is 0.272 e. The van der Waals surface area contributed by atoms with E-state index >= 15 is 0 Å². The van der Waals surface area contributed by atoms with E-state index in [1.165, 1.54) is 6.42 Å². The molecular formula is C16H24N2O3. The summed E-state index contributed by atoms with van der Waals surface area (Å²) in [5, 5.41) is 9.15. The molecule has 5 nitrogen and oxygen atoms in total. The molecular weight excluding hydrogens is 268 g/mol. The highest BCUT2D eigenvalue weighted by Gasteiger charge is 2.24. The lowest BCUT2D eigenvalue weighted by Crippen LogP contribution is -2.40. The molecule has 1 atom stereocenters. The van der Waals surface area contributed by atoms with Gasteiger partial charge >= 0.3 is 0 Å². The number of amides is 1. The molecule has 0 saturated carbocycles. The summed E-state index contributed by atoms with van der Waals surface area (Å²) in [7, 11) is 1.72. The summed E-state index contributed by atoms with van der Waals surface area (Å²) >= 11 is 0. The highest BCUT2D eigenvalue weighted by atomic mass is 16.5. The van der Waals surface area contributed by atoms with Crippen molar-refractivity contribution in [1.29, 1.82) is 0 Å². The number of aliphatic hydroxyl groups is 1. The van der Waals surface area contributed by atoms with Crippen LogP contribution in [0.4, 0.5) is 0 Å². The van der Waals surface area contributed by atoms with E-state index in [0.29, 0.717) is 11.6 Å². The van der Waals surface area contributed by atoms with Gasteiger partial charge in [0.25, 0.3) is 5.91 Å². The first-order chi connectivity index (χ1) is 10.2. The standard InChI is InChI=1S/C16H24N2O3/c1-21-9-3-5-13-4-2-8-18(11-13)16(20)15-10-14(12-19)6-7-17-15/h6-7,10,13,19H,2-5,8-9,11-12H2,1H3/t13-/m0/s1. The van der Waals surface area contributed by atoms with Gasteiger partial charge in [-0.05, 0) is 49.3 Å². The van der Waals surface area contributed by atoms with Gasteiger partial charge in [-0.25, -0.2) is 0 Å². The molecule has 21 heavy (non-hydrogen) atoms. The Morgan fingerprint density at radius 3 is 3.19 bits per heavy atom. The molecule has 0 bridgehead atoms. The van der Waals surface area contributed by atoms with Crippen LogP contribution in [0.15, 0.2) is 18.3 Å². The fourth-order valence-electron chi connectivity index (χ4n) is 2.85. The maximum absolute atomic E-state index is 12.5. The summed E-state index contributed by atoms with van der Waals surface area (Å²) < 4.78 is 5.09. The van der Waals surface area contributed by atoms with E-state index in [0.717, 1.165) is 44.5 Å². The van der Waals surface area contributed by atoms with E-state index in [9.17, 15) is 4.79 Å². The van der Waals surface area contributed by atoms with Crippen LogP contribution in [-0.4, -0.2) is 47.7 Å². The summed E-state index contributed by atoms with van der Waals surface area (Å²) in [6.45, 7) is 2.31. The molecule has 1 aromatic rings. The Morgan fingerprint density at radius 2 is 2.43 bits per heavy atom. The van der Waals surface area contributed by atoms with Crippen LogP contribution in [0, 0.1) is 5.92 Å². The molecule has 1 amide bonds. The fourth-order valence-corrected chi connectivity index (χ4v) is 2.85. The van der Waals surface area contributed by atoms with Gasteiger partial charge in [-0.2, -0.15) is 0 Å². The summed E-state index contributed by atoms with van der Waals surface area (Å²) in [6.07, 6.45) is 5.95. The Hall–Kier alpha value is -1.46. The number of rotatable bonds is 6. The number of carbonyl (C=O) groups is 1. The Kier molecular flexibility index (Phi) is 6.14. The van der Waals surface area contributed by atoms with Gasteiger partial charge in [0.15, 0.2) is 0 Å². The number of nitrogens with zero attached hydrogens (tertiary/aromatic N) is 2. The first-order valence-electron chi connectivity index (χ1n) is 7.58. The molecule has 0 spiro atoms. The van der Waals surface area contributed by atoms with Gasteiger partial charge in [0.2, 0.25) is 0 Å². The molecule has 1 aliphatic heterocycles. The second-order valence-corrected chi connectivity index (χ2v) is 5.60. The van der Waals surface area contributed by atoms with E-state index in [1.54, 1.807) is 25.4 Å². The highest BCUT2D eigenvalue weighted by Crippen LogP contribution is 2.22. The molecule has 0 unspecified atom stereocenters. The molecule has 2 rings (SSSR count). The largest absolute Gasteiger partial charge is 0.392 e. The number of aromatic nitrogens is 1. The number of aliphatic hydroxyl groups excluding tert-OH is 1. The Morgan fingerprint density at radius 1 is 1.57 bits per heavy atom. The van der Waals surface area contributed by atoms with Crippen molar-refractivity contribution in [2.75, 3.05) is 26.8 Å². The molecule has 0 radical (unpaired) electrons. The molecule has 116 valence electrons. The molecule has 1 fully saturated rings. The SMILES string of the molecule is COCCC[C@@H]1CCCN(C(=O)c2cc(CO)ccn2)C1. The van der Waals surface area contributed by atoms with Gasteiger partial charge in [0, 0.05) is 33.0 Å². The minimum atomic E-state index is -0.0670. The zero-order valence-corrected chi connectivity index (χ0v) is 12.6. The van der Waals surface area contributed by atoms with Gasteiger partial charge in [-0.15, -0.1) is 0 Å². The van der Waals surface area contributed by atoms with E-state index in [2.05, 4.69) is 4.98 Å². The number of hydrogen-bond acceptors (Lipinski definition) is 4. The fraction of sp³-hybridized carbons (Fsp3) is 0.625. The third kappa shape index (κ3) is 4.51. The van der Waals surface area contributed by atoms with Crippen molar-refractivity contribution in [3.05, 3.63) is 29.6 Å². The minimum Gasteiger partial charge on any atom is -0.392 e. The lowest BCUT2D eigenvalue weighted by molar-refractivity contribution is 0.0654. The summed E-state index contributed by atoms with van der Waals surface area (Å²) in [5.41, 5.74) is 1.15. The van der Waals surface area contributed by atoms with Crippen molar-refractivity contribution in [2.45, 2.75) is 32.3 Å². The number of hydrogen-bond donors (Lipinski definition) is 1. The van der Waals surface area contributed by atoms with Crippen molar-refractivity contribution < 1.29 is 14.6 Å². The van der Waals surface area contributed by atoms with Crippen LogP contribution in [0.1, 0.15) is 41.7 Å². The second-order valence-electron chi connectivity index (χ2n) is 5.60. The van der Waals surface area contributed by atoms with Crippen LogP contribution >= 0.6 is 0 Å². The highest BCUT2D eigenvalue weighted by molar-refractivity contribution is 5.92. The molecule has 2 heterocycles. The molecule has 1 aromatic heterocycles. The molecule has 5 heteroatoms. The van der Waals surface area contributed by atoms with Crippen LogP contribution in [0.25, 0.3) is 0 Å². The van der Waals surface area contributed by atoms with Crippen LogP contribution in [0.3, 0.4) is 0 Å². The quantitative estimate of drug-likeness (QED) is 0.813. The Labute approximate surface area is 125 Å². The summed E-state index contributed by atoms with van der Waals surface area (Å²) in [4.78, 5) is 18.5. The Bertz CT molecular complexity index is 465. The lowest BCUT2D eigenvalue weighted by atomic mass is 9.93. The Balaban J connectivity index is 1.94. The number of likely N-dealkylation sites (tertiary alicyclic amines) is 1. The van der Waals surface area contributed by atoms with Gasteiger partial charge in [-0.3, -0.25) is 9.78 Å². The third-order valence-electron chi connectivity index (χ3n) is 3.99. The predicted octanol–water partition coefficient (Wildman–Crippen LogP) is 1.85. The maximum Gasteiger partial charge on any atom is 0.272 e. The van der Waals surface area contributed by atoms with Crippen molar-refractivity contribution in [2.24, 2.45) is 5.92 Å². The monoisotopic (exact) mass is 292 g/mol.